The minimum absolute atomic E-state index is 0.0882. The van der Waals surface area contributed by atoms with Gasteiger partial charge in [0, 0.05) is 18.2 Å². The molecule has 1 aliphatic carbocycles. The Morgan fingerprint density at radius 1 is 1.26 bits per heavy atom. The Kier molecular flexibility index (Phi) is 4.31. The van der Waals surface area contributed by atoms with Gasteiger partial charge in [-0.15, -0.1) is 0 Å². The van der Waals surface area contributed by atoms with E-state index in [2.05, 4.69) is 28.6 Å². The summed E-state index contributed by atoms with van der Waals surface area (Å²) in [4.78, 5) is 12.7. The van der Waals surface area contributed by atoms with E-state index < -0.39 is 0 Å². The maximum atomic E-state index is 12.7. The van der Waals surface area contributed by atoms with Crippen LogP contribution < -0.4 is 5.32 Å². The van der Waals surface area contributed by atoms with Crippen LogP contribution in [0.5, 0.6) is 0 Å². The summed E-state index contributed by atoms with van der Waals surface area (Å²) in [7, 11) is 0. The zero-order chi connectivity index (χ0) is 18.8. The summed E-state index contributed by atoms with van der Waals surface area (Å²) in [6.07, 6.45) is 4.10. The van der Waals surface area contributed by atoms with E-state index in [1.807, 2.05) is 37.3 Å². The lowest BCUT2D eigenvalue weighted by Crippen LogP contribution is -2.14. The molecule has 0 saturated heterocycles. The second-order valence-corrected chi connectivity index (χ2v) is 6.63. The van der Waals surface area contributed by atoms with Crippen molar-refractivity contribution in [3.05, 3.63) is 88.8 Å². The first-order chi connectivity index (χ1) is 13.1. The van der Waals surface area contributed by atoms with Gasteiger partial charge < -0.3 is 5.32 Å². The molecule has 0 fully saturated rings. The van der Waals surface area contributed by atoms with Crippen molar-refractivity contribution < 1.29 is 4.79 Å². The van der Waals surface area contributed by atoms with Gasteiger partial charge in [0.1, 0.15) is 0 Å². The number of amides is 1. The molecule has 5 heteroatoms. The Hall–Kier alpha value is -3.65. The summed E-state index contributed by atoms with van der Waals surface area (Å²) in [5.74, 6) is -0.0882. The highest BCUT2D eigenvalue weighted by Gasteiger charge is 2.23. The maximum Gasteiger partial charge on any atom is 0.252 e. The van der Waals surface area contributed by atoms with Crippen molar-refractivity contribution >= 4 is 17.2 Å². The number of rotatable bonds is 4. The van der Waals surface area contributed by atoms with Crippen molar-refractivity contribution in [1.29, 1.82) is 5.26 Å². The van der Waals surface area contributed by atoms with Gasteiger partial charge in [-0.05, 0) is 41.3 Å². The summed E-state index contributed by atoms with van der Waals surface area (Å²) < 4.78 is 1.75. The van der Waals surface area contributed by atoms with Gasteiger partial charge in [-0.25, -0.2) is 0 Å². The topological polar surface area (TPSA) is 70.7 Å². The lowest BCUT2D eigenvalue weighted by molar-refractivity contribution is -0.112. The molecule has 0 spiro atoms. The molecule has 2 aromatic carbocycles. The van der Waals surface area contributed by atoms with Gasteiger partial charge in [-0.3, -0.25) is 9.48 Å². The van der Waals surface area contributed by atoms with E-state index in [0.717, 1.165) is 22.3 Å². The number of fused-ring (bicyclic) bond motifs is 1. The smallest absolute Gasteiger partial charge is 0.252 e. The molecule has 1 N–H and O–H groups in total. The van der Waals surface area contributed by atoms with E-state index in [9.17, 15) is 4.79 Å². The number of carbonyl (C=O) groups is 1. The quantitative estimate of drug-likeness (QED) is 0.775. The molecule has 4 rings (SSSR count). The van der Waals surface area contributed by atoms with Crippen molar-refractivity contribution in [2.24, 2.45) is 0 Å². The normalized spacial score (nSPS) is 12.6. The third-order valence-corrected chi connectivity index (χ3v) is 4.81. The fourth-order valence-electron chi connectivity index (χ4n) is 3.42. The zero-order valence-electron chi connectivity index (χ0n) is 14.9. The second kappa shape index (κ2) is 6.93. The first-order valence-electron chi connectivity index (χ1n) is 8.75. The van der Waals surface area contributed by atoms with E-state index >= 15 is 0 Å². The number of hydrogen-bond donors (Lipinski definition) is 1. The predicted octanol–water partition coefficient (Wildman–Crippen LogP) is 3.77. The molecule has 132 valence electrons. The van der Waals surface area contributed by atoms with Crippen LogP contribution in [0.3, 0.4) is 0 Å². The lowest BCUT2D eigenvalue weighted by Gasteiger charge is -2.05. The van der Waals surface area contributed by atoms with E-state index in [-0.39, 0.29) is 5.91 Å². The van der Waals surface area contributed by atoms with Gasteiger partial charge >= 0.3 is 0 Å². The van der Waals surface area contributed by atoms with Gasteiger partial charge in [-0.1, -0.05) is 36.4 Å². The average molecular weight is 354 g/mol. The summed E-state index contributed by atoms with van der Waals surface area (Å²) in [5.41, 5.74) is 6.43. The molecule has 27 heavy (non-hydrogen) atoms. The zero-order valence-corrected chi connectivity index (χ0v) is 14.9. The molecule has 5 nitrogen and oxygen atoms in total. The molecule has 1 aromatic heterocycles. The Labute approximate surface area is 157 Å². The van der Waals surface area contributed by atoms with Crippen molar-refractivity contribution in [2.75, 3.05) is 5.32 Å². The fourth-order valence-corrected chi connectivity index (χ4v) is 3.42. The van der Waals surface area contributed by atoms with Crippen molar-refractivity contribution in [3.63, 3.8) is 0 Å². The standard InChI is InChI=1S/C22H18N4O/c1-15-20-8-3-2-7-18(20)10-21(15)22(27)25-19-12-24-26(14-19)13-17-6-4-5-16(9-17)11-23/h2-9,12,14H,10,13H2,1H3,(H,25,27). The molecule has 0 atom stereocenters. The number of nitriles is 1. The van der Waals surface area contributed by atoms with Crippen LogP contribution in [0.15, 0.2) is 66.5 Å². The number of anilines is 1. The largest absolute Gasteiger partial charge is 0.320 e. The third-order valence-electron chi connectivity index (χ3n) is 4.81. The Morgan fingerprint density at radius 2 is 2.11 bits per heavy atom. The molecule has 0 unspecified atom stereocenters. The van der Waals surface area contributed by atoms with Crippen molar-refractivity contribution in [1.82, 2.24) is 9.78 Å². The minimum Gasteiger partial charge on any atom is -0.320 e. The van der Waals surface area contributed by atoms with Gasteiger partial charge in [0.25, 0.3) is 5.91 Å². The Bertz CT molecular complexity index is 1100. The van der Waals surface area contributed by atoms with Crippen LogP contribution in [0.1, 0.15) is 29.2 Å². The second-order valence-electron chi connectivity index (χ2n) is 6.63. The number of nitrogens with zero attached hydrogens (tertiary/aromatic N) is 3. The van der Waals surface area contributed by atoms with Gasteiger partial charge in [0.15, 0.2) is 0 Å². The Morgan fingerprint density at radius 3 is 2.93 bits per heavy atom. The SMILES string of the molecule is CC1=C(C(=O)Nc2cnn(Cc3cccc(C#N)c3)c2)Cc2ccccc21. The van der Waals surface area contributed by atoms with Crippen LogP contribution in [-0.2, 0) is 17.8 Å². The first-order valence-corrected chi connectivity index (χ1v) is 8.75. The number of nitrogens with one attached hydrogen (secondary N) is 1. The van der Waals surface area contributed by atoms with E-state index in [4.69, 9.17) is 5.26 Å². The summed E-state index contributed by atoms with van der Waals surface area (Å²) in [5, 5.41) is 16.3. The van der Waals surface area contributed by atoms with E-state index in [1.165, 1.54) is 5.56 Å². The van der Waals surface area contributed by atoms with Crippen molar-refractivity contribution in [2.45, 2.75) is 19.9 Å². The Balaban J connectivity index is 1.46. The average Bonchev–Trinajstić information content (AvgIpc) is 3.26. The third kappa shape index (κ3) is 3.38. The maximum absolute atomic E-state index is 12.7. The first kappa shape index (κ1) is 16.8. The number of hydrogen-bond acceptors (Lipinski definition) is 3. The van der Waals surface area contributed by atoms with Crippen LogP contribution in [0.25, 0.3) is 5.57 Å². The summed E-state index contributed by atoms with van der Waals surface area (Å²) in [6, 6.07) is 17.7. The van der Waals surface area contributed by atoms with Gasteiger partial charge in [0.2, 0.25) is 0 Å². The number of allylic oxidation sites excluding steroid dienone is 1. The molecular formula is C22H18N4O. The summed E-state index contributed by atoms with van der Waals surface area (Å²) >= 11 is 0. The molecule has 1 heterocycles. The van der Waals surface area contributed by atoms with E-state index in [1.54, 1.807) is 23.1 Å². The van der Waals surface area contributed by atoms with E-state index in [0.29, 0.717) is 24.2 Å². The molecule has 1 amide bonds. The predicted molar refractivity (Wildman–Crippen MR) is 104 cm³/mol. The van der Waals surface area contributed by atoms with Crippen LogP contribution in [0, 0.1) is 11.3 Å². The monoisotopic (exact) mass is 354 g/mol. The molecule has 1 aliphatic rings. The van der Waals surface area contributed by atoms with Crippen LogP contribution in [0.2, 0.25) is 0 Å². The number of carbonyl (C=O) groups excluding carboxylic acids is 1. The highest BCUT2D eigenvalue weighted by molar-refractivity contribution is 6.10. The molecule has 0 bridgehead atoms. The number of benzene rings is 2. The molecule has 0 aliphatic heterocycles. The highest BCUT2D eigenvalue weighted by Crippen LogP contribution is 2.32. The molecule has 0 saturated carbocycles. The highest BCUT2D eigenvalue weighted by atomic mass is 16.1. The molecular weight excluding hydrogens is 336 g/mol. The van der Waals surface area contributed by atoms with Crippen LogP contribution >= 0.6 is 0 Å². The van der Waals surface area contributed by atoms with Crippen LogP contribution in [0.4, 0.5) is 5.69 Å². The molecule has 0 radical (unpaired) electrons. The van der Waals surface area contributed by atoms with Crippen LogP contribution in [-0.4, -0.2) is 15.7 Å². The van der Waals surface area contributed by atoms with Crippen molar-refractivity contribution in [3.8, 4) is 6.07 Å². The number of aromatic nitrogens is 2. The fraction of sp³-hybridized carbons (Fsp3) is 0.136. The summed E-state index contributed by atoms with van der Waals surface area (Å²) in [6.45, 7) is 2.53. The van der Waals surface area contributed by atoms with Gasteiger partial charge in [0.05, 0.1) is 30.1 Å². The molecule has 3 aromatic rings. The minimum atomic E-state index is -0.0882. The van der Waals surface area contributed by atoms with Gasteiger partial charge in [-0.2, -0.15) is 10.4 Å². The lowest BCUT2D eigenvalue weighted by atomic mass is 10.1.